The third-order valence-electron chi connectivity index (χ3n) is 2.29. The normalized spacial score (nSPS) is 21.6. The van der Waals surface area contributed by atoms with Crippen molar-refractivity contribution < 1.29 is 9.50 Å². The van der Waals surface area contributed by atoms with Crippen LogP contribution in [0.3, 0.4) is 0 Å². The van der Waals surface area contributed by atoms with Gasteiger partial charge in [0.1, 0.15) is 6.17 Å². The van der Waals surface area contributed by atoms with Crippen molar-refractivity contribution in [1.29, 1.82) is 0 Å². The fourth-order valence-corrected chi connectivity index (χ4v) is 1.49. The van der Waals surface area contributed by atoms with Crippen LogP contribution in [-0.4, -0.2) is 34.3 Å². The van der Waals surface area contributed by atoms with Gasteiger partial charge in [0.15, 0.2) is 0 Å². The van der Waals surface area contributed by atoms with Crippen LogP contribution in [0.2, 0.25) is 0 Å². The van der Waals surface area contributed by atoms with E-state index < -0.39 is 6.17 Å². The highest BCUT2D eigenvalue weighted by Gasteiger charge is 2.23. The minimum absolute atomic E-state index is 0.0635. The molecule has 0 unspecified atom stereocenters. The van der Waals surface area contributed by atoms with E-state index >= 15 is 0 Å². The van der Waals surface area contributed by atoms with E-state index in [0.29, 0.717) is 31.0 Å². The summed E-state index contributed by atoms with van der Waals surface area (Å²) in [6.45, 7) is 0.976. The van der Waals surface area contributed by atoms with Crippen LogP contribution in [0.25, 0.3) is 0 Å². The lowest BCUT2D eigenvalue weighted by atomic mass is 10.3. The van der Waals surface area contributed by atoms with Gasteiger partial charge >= 0.3 is 0 Å². The summed E-state index contributed by atoms with van der Waals surface area (Å²) in [7, 11) is 0. The van der Waals surface area contributed by atoms with E-state index in [1.807, 2.05) is 4.90 Å². The molecule has 76 valence electrons. The van der Waals surface area contributed by atoms with Crippen molar-refractivity contribution in [3.63, 3.8) is 0 Å². The number of alkyl halides is 1. The molecule has 0 amide bonds. The highest BCUT2D eigenvalue weighted by Crippen LogP contribution is 2.17. The van der Waals surface area contributed by atoms with Gasteiger partial charge in [-0.25, -0.2) is 14.4 Å². The van der Waals surface area contributed by atoms with Crippen LogP contribution >= 0.6 is 0 Å². The van der Waals surface area contributed by atoms with Gasteiger partial charge in [0, 0.05) is 24.5 Å². The Labute approximate surface area is 81.4 Å². The molecule has 1 N–H and O–H groups in total. The number of nitrogens with zero attached hydrogens (tertiary/aromatic N) is 3. The molecular weight excluding hydrogens is 185 g/mol. The molecule has 0 spiro atoms. The molecule has 0 bridgehead atoms. The first kappa shape index (κ1) is 9.33. The summed E-state index contributed by atoms with van der Waals surface area (Å²) in [4.78, 5) is 9.92. The van der Waals surface area contributed by atoms with Crippen molar-refractivity contribution in [2.75, 3.05) is 18.0 Å². The zero-order chi connectivity index (χ0) is 9.97. The number of hydrogen-bond acceptors (Lipinski definition) is 4. The molecule has 1 fully saturated rings. The summed E-state index contributed by atoms with van der Waals surface area (Å²) in [6, 6.07) is 0. The van der Waals surface area contributed by atoms with E-state index in [1.165, 1.54) is 0 Å². The van der Waals surface area contributed by atoms with Gasteiger partial charge in [-0.15, -0.1) is 0 Å². The summed E-state index contributed by atoms with van der Waals surface area (Å²) >= 11 is 0. The van der Waals surface area contributed by atoms with Crippen LogP contribution in [0.4, 0.5) is 10.3 Å². The smallest absolute Gasteiger partial charge is 0.225 e. The average molecular weight is 197 g/mol. The van der Waals surface area contributed by atoms with Crippen LogP contribution in [0.15, 0.2) is 12.4 Å². The number of aromatic nitrogens is 2. The predicted molar refractivity (Wildman–Crippen MR) is 49.7 cm³/mol. The fourth-order valence-electron chi connectivity index (χ4n) is 1.49. The quantitative estimate of drug-likeness (QED) is 0.750. The van der Waals surface area contributed by atoms with E-state index in [0.717, 1.165) is 0 Å². The molecule has 4 nitrogen and oxygen atoms in total. The SMILES string of the molecule is OCc1cnc(N2CC[C@H](F)C2)nc1. The Kier molecular flexibility index (Phi) is 2.58. The van der Waals surface area contributed by atoms with E-state index in [2.05, 4.69) is 9.97 Å². The average Bonchev–Trinajstić information content (AvgIpc) is 2.65. The third-order valence-corrected chi connectivity index (χ3v) is 2.29. The van der Waals surface area contributed by atoms with Gasteiger partial charge in [-0.2, -0.15) is 0 Å². The molecule has 1 aromatic rings. The number of hydrogen-bond donors (Lipinski definition) is 1. The molecule has 0 aliphatic carbocycles. The zero-order valence-corrected chi connectivity index (χ0v) is 7.73. The Morgan fingerprint density at radius 3 is 2.71 bits per heavy atom. The molecule has 0 aromatic carbocycles. The third kappa shape index (κ3) is 1.82. The van der Waals surface area contributed by atoms with E-state index in [9.17, 15) is 4.39 Å². The van der Waals surface area contributed by atoms with Crippen LogP contribution < -0.4 is 4.90 Å². The monoisotopic (exact) mass is 197 g/mol. The first-order chi connectivity index (χ1) is 6.79. The van der Waals surface area contributed by atoms with Crippen LogP contribution in [0.5, 0.6) is 0 Å². The molecule has 1 aliphatic heterocycles. The van der Waals surface area contributed by atoms with Gasteiger partial charge in [-0.1, -0.05) is 0 Å². The minimum atomic E-state index is -0.767. The highest BCUT2D eigenvalue weighted by atomic mass is 19.1. The van der Waals surface area contributed by atoms with Crippen molar-refractivity contribution in [3.05, 3.63) is 18.0 Å². The molecule has 1 atom stereocenters. The van der Waals surface area contributed by atoms with Crippen molar-refractivity contribution in [3.8, 4) is 0 Å². The zero-order valence-electron chi connectivity index (χ0n) is 7.73. The molecule has 1 saturated heterocycles. The Balaban J connectivity index is 2.09. The lowest BCUT2D eigenvalue weighted by Crippen LogP contribution is -2.22. The largest absolute Gasteiger partial charge is 0.392 e. The molecule has 1 aliphatic rings. The number of rotatable bonds is 2. The van der Waals surface area contributed by atoms with Crippen molar-refractivity contribution in [2.24, 2.45) is 0 Å². The summed E-state index contributed by atoms with van der Waals surface area (Å²) in [5.74, 6) is 0.544. The first-order valence-corrected chi connectivity index (χ1v) is 4.60. The maximum absolute atomic E-state index is 12.9. The van der Waals surface area contributed by atoms with Crippen LogP contribution in [0.1, 0.15) is 12.0 Å². The van der Waals surface area contributed by atoms with E-state index in [1.54, 1.807) is 12.4 Å². The molecular formula is C9H12FN3O. The predicted octanol–water partition coefficient (Wildman–Crippen LogP) is 0.517. The van der Waals surface area contributed by atoms with E-state index in [4.69, 9.17) is 5.11 Å². The Morgan fingerprint density at radius 2 is 2.21 bits per heavy atom. The van der Waals surface area contributed by atoms with Gasteiger partial charge in [-0.3, -0.25) is 0 Å². The standard InChI is InChI=1S/C9H12FN3O/c10-8-1-2-13(5-8)9-11-3-7(6-14)4-12-9/h3-4,8,14H,1-2,5-6H2/t8-/m0/s1. The first-order valence-electron chi connectivity index (χ1n) is 4.60. The summed E-state index contributed by atoms with van der Waals surface area (Å²) < 4.78 is 12.9. The highest BCUT2D eigenvalue weighted by molar-refractivity contribution is 5.31. The van der Waals surface area contributed by atoms with Crippen LogP contribution in [0, 0.1) is 0 Å². The van der Waals surface area contributed by atoms with Gasteiger partial charge in [0.25, 0.3) is 0 Å². The van der Waals surface area contributed by atoms with Gasteiger partial charge in [-0.05, 0) is 6.42 Å². The van der Waals surface area contributed by atoms with Crippen molar-refractivity contribution in [2.45, 2.75) is 19.2 Å². The topological polar surface area (TPSA) is 49.3 Å². The Hall–Kier alpha value is -1.23. The summed E-state index contributed by atoms with van der Waals surface area (Å²) in [5, 5.41) is 8.78. The van der Waals surface area contributed by atoms with Gasteiger partial charge < -0.3 is 10.0 Å². The molecule has 5 heteroatoms. The second-order valence-corrected chi connectivity index (χ2v) is 3.38. The fraction of sp³-hybridized carbons (Fsp3) is 0.556. The molecule has 14 heavy (non-hydrogen) atoms. The van der Waals surface area contributed by atoms with Gasteiger partial charge in [0.05, 0.1) is 13.2 Å². The second-order valence-electron chi connectivity index (χ2n) is 3.38. The number of halogens is 1. The minimum Gasteiger partial charge on any atom is -0.392 e. The van der Waals surface area contributed by atoms with Crippen molar-refractivity contribution >= 4 is 5.95 Å². The summed E-state index contributed by atoms with van der Waals surface area (Å²) in [6.07, 6.45) is 2.91. The lowest BCUT2D eigenvalue weighted by Gasteiger charge is -2.14. The van der Waals surface area contributed by atoms with Crippen LogP contribution in [-0.2, 0) is 6.61 Å². The second kappa shape index (κ2) is 3.88. The van der Waals surface area contributed by atoms with E-state index in [-0.39, 0.29) is 6.61 Å². The molecule has 2 heterocycles. The Bertz CT molecular complexity index is 303. The maximum atomic E-state index is 12.9. The Morgan fingerprint density at radius 1 is 1.50 bits per heavy atom. The number of aliphatic hydroxyl groups is 1. The lowest BCUT2D eigenvalue weighted by molar-refractivity contribution is 0.281. The molecule has 0 radical (unpaired) electrons. The molecule has 2 rings (SSSR count). The van der Waals surface area contributed by atoms with Crippen molar-refractivity contribution in [1.82, 2.24) is 9.97 Å². The number of aliphatic hydroxyl groups excluding tert-OH is 1. The number of anilines is 1. The molecule has 1 aromatic heterocycles. The molecule has 0 saturated carbocycles. The summed E-state index contributed by atoms with van der Waals surface area (Å²) in [5.41, 5.74) is 0.671. The van der Waals surface area contributed by atoms with Gasteiger partial charge in [0.2, 0.25) is 5.95 Å². The maximum Gasteiger partial charge on any atom is 0.225 e.